The molecule has 2 aromatic carbocycles. The van der Waals surface area contributed by atoms with Crippen LogP contribution in [0.1, 0.15) is 33.6 Å². The van der Waals surface area contributed by atoms with Crippen LogP contribution in [-0.2, 0) is 19.2 Å². The Labute approximate surface area is 372 Å². The molecule has 26 heteroatoms. The smallest absolute Gasteiger partial charge is 0.331 e. The molecule has 0 aliphatic carbocycles. The van der Waals surface area contributed by atoms with Gasteiger partial charge in [0.15, 0.2) is 11.6 Å². The van der Waals surface area contributed by atoms with Gasteiger partial charge in [0.2, 0.25) is 11.9 Å². The predicted octanol–water partition coefficient (Wildman–Crippen LogP) is -0.232. The van der Waals surface area contributed by atoms with Crippen molar-refractivity contribution in [3.63, 3.8) is 0 Å². The Balaban J connectivity index is 0.000000247. The number of amides is 2. The summed E-state index contributed by atoms with van der Waals surface area (Å²) in [7, 11) is 0. The van der Waals surface area contributed by atoms with E-state index in [1.807, 2.05) is 0 Å². The van der Waals surface area contributed by atoms with Gasteiger partial charge in [0.25, 0.3) is 22.9 Å². The fraction of sp³-hybridized carbons (Fsp3) is 0.250. The molecule has 6 rings (SSSR count). The van der Waals surface area contributed by atoms with Gasteiger partial charge in [0.1, 0.15) is 23.5 Å². The van der Waals surface area contributed by atoms with E-state index in [1.165, 1.54) is 24.3 Å². The molecule has 0 saturated carbocycles. The average Bonchev–Trinajstić information content (AvgIpc) is 3.27. The minimum Gasteiger partial charge on any atom is -0.480 e. The molecule has 66 heavy (non-hydrogen) atoms. The lowest BCUT2D eigenvalue weighted by atomic mass is 10.1. The summed E-state index contributed by atoms with van der Waals surface area (Å²) >= 11 is 0. The van der Waals surface area contributed by atoms with Crippen molar-refractivity contribution in [3.8, 4) is 0 Å². The van der Waals surface area contributed by atoms with E-state index in [9.17, 15) is 48.6 Å². The molecule has 2 aliphatic rings. The average molecular weight is 915 g/mol. The zero-order valence-corrected chi connectivity index (χ0v) is 34.7. The summed E-state index contributed by atoms with van der Waals surface area (Å²) in [6, 6.07) is 9.46. The maximum atomic E-state index is 12.4. The van der Waals surface area contributed by atoms with E-state index in [0.29, 0.717) is 60.6 Å². The van der Waals surface area contributed by atoms with Gasteiger partial charge in [0.05, 0.1) is 12.1 Å². The summed E-state index contributed by atoms with van der Waals surface area (Å²) in [5, 5.41) is 59.4. The Morgan fingerprint density at radius 3 is 1.29 bits per heavy atom. The topological polar surface area (TPSA) is 423 Å². The number of H-pyrrole nitrogens is 2. The number of hydrogen-bond acceptors (Lipinski definition) is 18. The normalized spacial score (nSPS) is 15.2. The van der Waals surface area contributed by atoms with Gasteiger partial charge in [-0.3, -0.25) is 29.1 Å². The number of anilines is 8. The molecule has 0 bridgehead atoms. The van der Waals surface area contributed by atoms with Gasteiger partial charge in [-0.25, -0.2) is 19.2 Å². The first kappa shape index (κ1) is 47.9. The molecule has 0 radical (unpaired) electrons. The summed E-state index contributed by atoms with van der Waals surface area (Å²) < 4.78 is 0. The second-order valence-electron chi connectivity index (χ2n) is 14.7. The number of carboxylic acids is 4. The van der Waals surface area contributed by atoms with Gasteiger partial charge in [0, 0.05) is 72.7 Å². The van der Waals surface area contributed by atoms with E-state index in [0.717, 1.165) is 0 Å². The second kappa shape index (κ2) is 21.3. The van der Waals surface area contributed by atoms with Crippen molar-refractivity contribution >= 4 is 82.0 Å². The van der Waals surface area contributed by atoms with Gasteiger partial charge >= 0.3 is 23.9 Å². The second-order valence-corrected chi connectivity index (χ2v) is 14.7. The summed E-state index contributed by atoms with van der Waals surface area (Å²) in [6.45, 7) is 8.45. The van der Waals surface area contributed by atoms with Gasteiger partial charge in [-0.1, -0.05) is 13.2 Å². The third-order valence-corrected chi connectivity index (χ3v) is 9.72. The largest absolute Gasteiger partial charge is 0.480 e. The summed E-state index contributed by atoms with van der Waals surface area (Å²) in [6.07, 6.45) is -0.848. The lowest BCUT2D eigenvalue weighted by Gasteiger charge is -2.27. The quantitative estimate of drug-likeness (QED) is 0.0573. The van der Waals surface area contributed by atoms with E-state index in [-0.39, 0.29) is 57.4 Å². The van der Waals surface area contributed by atoms with Crippen LogP contribution in [0.2, 0.25) is 0 Å². The van der Waals surface area contributed by atoms with Crippen molar-refractivity contribution in [2.45, 2.75) is 37.0 Å². The third kappa shape index (κ3) is 13.0. The number of nitrogens with one attached hydrogen (secondary N) is 10. The Kier molecular flexibility index (Phi) is 15.5. The molecule has 0 saturated heterocycles. The van der Waals surface area contributed by atoms with E-state index < -0.39 is 60.6 Å². The molecule has 4 heterocycles. The summed E-state index contributed by atoms with van der Waals surface area (Å²) in [5.41, 5.74) is 12.0. The number of hydrogen-bond donors (Lipinski definition) is 16. The van der Waals surface area contributed by atoms with Crippen LogP contribution >= 0.6 is 0 Å². The number of benzene rings is 2. The van der Waals surface area contributed by atoms with Gasteiger partial charge < -0.3 is 74.4 Å². The zero-order valence-electron chi connectivity index (χ0n) is 34.7. The highest BCUT2D eigenvalue weighted by atomic mass is 16.4. The number of aliphatic carboxylic acids is 4. The molecule has 2 aliphatic heterocycles. The highest BCUT2D eigenvalue weighted by molar-refractivity contribution is 5.98. The van der Waals surface area contributed by atoms with Crippen molar-refractivity contribution in [3.05, 3.63) is 105 Å². The van der Waals surface area contributed by atoms with E-state index in [1.54, 1.807) is 24.3 Å². The fourth-order valence-electron chi connectivity index (χ4n) is 6.21. The number of fused-ring (bicyclic) bond motifs is 2. The van der Waals surface area contributed by atoms with E-state index >= 15 is 0 Å². The number of nitrogens with zero attached hydrogens (tertiary/aromatic N) is 2. The number of nitrogens with two attached hydrogens (primary N) is 2. The molecular formula is C40H46N14O12. The Morgan fingerprint density at radius 1 is 0.621 bits per heavy atom. The van der Waals surface area contributed by atoms with Crippen LogP contribution in [0.5, 0.6) is 0 Å². The van der Waals surface area contributed by atoms with Crippen molar-refractivity contribution in [1.82, 2.24) is 30.6 Å². The van der Waals surface area contributed by atoms with E-state index in [4.69, 9.17) is 21.7 Å². The summed E-state index contributed by atoms with van der Waals surface area (Å²) in [4.78, 5) is 106. The molecule has 26 nitrogen and oxygen atoms in total. The molecule has 348 valence electrons. The molecule has 0 fully saturated rings. The molecule has 18 N–H and O–H groups in total. The number of aromatic amines is 2. The number of nitrogen functional groups attached to an aromatic ring is 2. The highest BCUT2D eigenvalue weighted by Gasteiger charge is 2.26. The molecular weight excluding hydrogens is 869 g/mol. The Morgan fingerprint density at radius 2 is 0.970 bits per heavy atom. The number of carbonyl (C=O) groups excluding carboxylic acids is 2. The third-order valence-electron chi connectivity index (χ3n) is 9.72. The summed E-state index contributed by atoms with van der Waals surface area (Å²) in [5.74, 6) is -5.90. The Bertz CT molecular complexity index is 2470. The minimum absolute atomic E-state index is 0.0234. The lowest BCUT2D eigenvalue weighted by molar-refractivity contribution is -0.140. The molecule has 2 aromatic heterocycles. The van der Waals surface area contributed by atoms with Crippen molar-refractivity contribution in [1.29, 1.82) is 0 Å². The molecule has 0 spiro atoms. The number of rotatable bonds is 18. The van der Waals surface area contributed by atoms with Crippen LogP contribution in [0, 0.1) is 0 Å². The highest BCUT2D eigenvalue weighted by Crippen LogP contribution is 2.22. The van der Waals surface area contributed by atoms with E-state index in [2.05, 4.69) is 75.6 Å². The molecule has 2 amide bonds. The van der Waals surface area contributed by atoms with Crippen LogP contribution in [-0.4, -0.2) is 126 Å². The van der Waals surface area contributed by atoms with Crippen LogP contribution in [0.25, 0.3) is 0 Å². The first-order chi connectivity index (χ1) is 31.3. The predicted molar refractivity (Wildman–Crippen MR) is 241 cm³/mol. The van der Waals surface area contributed by atoms with Gasteiger partial charge in [-0.2, -0.15) is 9.97 Å². The van der Waals surface area contributed by atoms with Crippen LogP contribution in [0.4, 0.5) is 46.3 Å². The van der Waals surface area contributed by atoms with Gasteiger partial charge in [-0.15, -0.1) is 0 Å². The number of aromatic nitrogens is 4. The maximum absolute atomic E-state index is 12.4. The lowest BCUT2D eigenvalue weighted by Crippen LogP contribution is -2.41. The first-order valence-corrected chi connectivity index (χ1v) is 19.7. The SMILES string of the molecule is C=C(C[C@H](NC(=O)c1ccc(NCC2CNc3nc(N)[nH]c(=O)c3N2)cc1)C(=O)O)C(=O)O.C=C(C[C@H](NC(=O)c1ccc(NCC2CNc3nc(N)[nH]c(=O)c3N2)cc1)C(=O)O)C(=O)O. The van der Waals surface area contributed by atoms with Crippen molar-refractivity contribution < 1.29 is 49.2 Å². The Hall–Kier alpha value is -9.10. The fourth-order valence-corrected chi connectivity index (χ4v) is 6.21. The van der Waals surface area contributed by atoms with Crippen LogP contribution in [0.15, 0.2) is 82.4 Å². The van der Waals surface area contributed by atoms with Crippen LogP contribution < -0.4 is 65.1 Å². The van der Waals surface area contributed by atoms with Crippen molar-refractivity contribution in [2.24, 2.45) is 0 Å². The maximum Gasteiger partial charge on any atom is 0.331 e. The molecule has 4 atom stereocenters. The van der Waals surface area contributed by atoms with Crippen LogP contribution in [0.3, 0.4) is 0 Å². The minimum atomic E-state index is -1.42. The molecule has 2 unspecified atom stereocenters. The standard InChI is InChI=1S/2C20H23N7O6/c2*1-9(18(30)31)6-13(19(32)33)25-16(28)10-2-4-11(5-3-10)22-7-12-8-23-15-14(24-12)17(29)27-20(21)26-15/h2*2-5,12-13,22,24H,1,6-8H2,(H,25,28)(H,30,31)(H,32,33)(H4,21,23,26,27,29)/t2*12?,13-/m00/s1. The monoisotopic (exact) mass is 914 g/mol. The number of carbonyl (C=O) groups is 6. The first-order valence-electron chi connectivity index (χ1n) is 19.7. The van der Waals surface area contributed by atoms with Crippen molar-refractivity contribution in [2.75, 3.05) is 69.5 Å². The zero-order chi connectivity index (χ0) is 48.2. The molecule has 4 aromatic rings. The number of carboxylic acid groups (broad SMARTS) is 4. The van der Waals surface area contributed by atoms with Gasteiger partial charge in [-0.05, 0) is 48.5 Å².